The summed E-state index contributed by atoms with van der Waals surface area (Å²) in [6.07, 6.45) is -0.604. The van der Waals surface area contributed by atoms with Gasteiger partial charge in [0.15, 0.2) is 5.65 Å². The predicted molar refractivity (Wildman–Crippen MR) is 49.7 cm³/mol. The number of tetrazole rings is 1. The average Bonchev–Trinajstić information content (AvgIpc) is 2.65. The molecule has 0 bridgehead atoms. The average molecular weight is 193 g/mol. The molecule has 0 saturated carbocycles. The van der Waals surface area contributed by atoms with Gasteiger partial charge in [0.2, 0.25) is 0 Å². The van der Waals surface area contributed by atoms with Crippen LogP contribution in [0.5, 0.6) is 0 Å². The highest BCUT2D eigenvalue weighted by Gasteiger charge is 2.11. The molecule has 0 aromatic carbocycles. The minimum Gasteiger partial charge on any atom is -0.385 e. The first-order valence-electron chi connectivity index (χ1n) is 4.32. The number of rotatable bonds is 3. The van der Waals surface area contributed by atoms with Gasteiger partial charge >= 0.3 is 0 Å². The van der Waals surface area contributed by atoms with Crippen LogP contribution in [0.4, 0.5) is 0 Å². The van der Waals surface area contributed by atoms with Gasteiger partial charge in [0.25, 0.3) is 0 Å². The standard InChI is InChI=1S/C8H11N5O/c1-9-5-7(14)6-3-2-4-8-10-11-12-13(6)8/h2-4,7,9,14H,5H2,1H3. The molecule has 0 spiro atoms. The summed E-state index contributed by atoms with van der Waals surface area (Å²) in [6, 6.07) is 5.40. The van der Waals surface area contributed by atoms with Gasteiger partial charge < -0.3 is 10.4 Å². The zero-order valence-electron chi connectivity index (χ0n) is 7.75. The van der Waals surface area contributed by atoms with Gasteiger partial charge in [0.05, 0.1) is 5.69 Å². The summed E-state index contributed by atoms with van der Waals surface area (Å²) >= 11 is 0. The van der Waals surface area contributed by atoms with Crippen molar-refractivity contribution in [3.63, 3.8) is 0 Å². The summed E-state index contributed by atoms with van der Waals surface area (Å²) in [5.41, 5.74) is 1.32. The van der Waals surface area contributed by atoms with E-state index in [0.717, 1.165) is 0 Å². The maximum atomic E-state index is 9.76. The minimum absolute atomic E-state index is 0.471. The van der Waals surface area contributed by atoms with E-state index in [4.69, 9.17) is 0 Å². The molecule has 0 saturated heterocycles. The van der Waals surface area contributed by atoms with Crippen LogP contribution in [0.2, 0.25) is 0 Å². The SMILES string of the molecule is CNCC(O)c1cccc2nnnn12. The van der Waals surface area contributed by atoms with Gasteiger partial charge in [0, 0.05) is 6.54 Å². The lowest BCUT2D eigenvalue weighted by molar-refractivity contribution is 0.170. The van der Waals surface area contributed by atoms with Crippen molar-refractivity contribution in [2.24, 2.45) is 0 Å². The quantitative estimate of drug-likeness (QED) is 0.679. The second-order valence-electron chi connectivity index (χ2n) is 2.97. The highest BCUT2D eigenvalue weighted by atomic mass is 16.3. The fourth-order valence-electron chi connectivity index (χ4n) is 1.34. The second-order valence-corrected chi connectivity index (χ2v) is 2.97. The third-order valence-corrected chi connectivity index (χ3v) is 1.99. The van der Waals surface area contributed by atoms with Crippen molar-refractivity contribution >= 4 is 5.65 Å². The van der Waals surface area contributed by atoms with Crippen molar-refractivity contribution in [1.82, 2.24) is 25.4 Å². The van der Waals surface area contributed by atoms with Crippen LogP contribution in [0.25, 0.3) is 5.65 Å². The monoisotopic (exact) mass is 193 g/mol. The van der Waals surface area contributed by atoms with Gasteiger partial charge in [-0.2, -0.15) is 4.52 Å². The molecule has 1 atom stereocenters. The Morgan fingerprint density at radius 2 is 2.43 bits per heavy atom. The van der Waals surface area contributed by atoms with Crippen molar-refractivity contribution in [2.45, 2.75) is 6.10 Å². The van der Waals surface area contributed by atoms with Crippen molar-refractivity contribution < 1.29 is 5.11 Å². The van der Waals surface area contributed by atoms with Crippen molar-refractivity contribution in [3.8, 4) is 0 Å². The molecule has 0 aliphatic heterocycles. The molecular weight excluding hydrogens is 182 g/mol. The van der Waals surface area contributed by atoms with Crippen LogP contribution in [0.3, 0.4) is 0 Å². The summed E-state index contributed by atoms with van der Waals surface area (Å²) in [5, 5.41) is 23.8. The van der Waals surface area contributed by atoms with Gasteiger partial charge in [0.1, 0.15) is 6.10 Å². The van der Waals surface area contributed by atoms with E-state index in [2.05, 4.69) is 20.8 Å². The Morgan fingerprint density at radius 1 is 1.57 bits per heavy atom. The van der Waals surface area contributed by atoms with Crippen molar-refractivity contribution in [3.05, 3.63) is 23.9 Å². The van der Waals surface area contributed by atoms with Crippen LogP contribution < -0.4 is 5.32 Å². The largest absolute Gasteiger partial charge is 0.385 e. The number of hydrogen-bond acceptors (Lipinski definition) is 5. The molecule has 2 aromatic rings. The van der Waals surface area contributed by atoms with E-state index in [1.165, 1.54) is 4.52 Å². The van der Waals surface area contributed by atoms with Gasteiger partial charge in [-0.3, -0.25) is 0 Å². The third kappa shape index (κ3) is 1.45. The Kier molecular flexibility index (Phi) is 2.38. The molecule has 0 radical (unpaired) electrons. The van der Waals surface area contributed by atoms with Crippen LogP contribution in [0, 0.1) is 0 Å². The minimum atomic E-state index is -0.604. The van der Waals surface area contributed by atoms with E-state index in [-0.39, 0.29) is 0 Å². The van der Waals surface area contributed by atoms with Crippen LogP contribution in [0.1, 0.15) is 11.8 Å². The first-order valence-corrected chi connectivity index (χ1v) is 4.32. The van der Waals surface area contributed by atoms with Crippen molar-refractivity contribution in [1.29, 1.82) is 0 Å². The molecule has 2 heterocycles. The Bertz CT molecular complexity index is 426. The molecule has 74 valence electrons. The number of fused-ring (bicyclic) bond motifs is 1. The Labute approximate surface area is 80.6 Å². The topological polar surface area (TPSA) is 75.3 Å². The molecule has 14 heavy (non-hydrogen) atoms. The zero-order chi connectivity index (χ0) is 9.97. The number of likely N-dealkylation sites (N-methyl/N-ethyl adjacent to an activating group) is 1. The number of aliphatic hydroxyl groups excluding tert-OH is 1. The fourth-order valence-corrected chi connectivity index (χ4v) is 1.34. The molecule has 2 N–H and O–H groups in total. The van der Waals surface area contributed by atoms with Crippen molar-refractivity contribution in [2.75, 3.05) is 13.6 Å². The maximum Gasteiger partial charge on any atom is 0.179 e. The molecule has 0 aliphatic carbocycles. The molecule has 0 fully saturated rings. The van der Waals surface area contributed by atoms with Crippen LogP contribution in [-0.2, 0) is 0 Å². The smallest absolute Gasteiger partial charge is 0.179 e. The van der Waals surface area contributed by atoms with E-state index in [9.17, 15) is 5.11 Å². The van der Waals surface area contributed by atoms with E-state index >= 15 is 0 Å². The van der Waals surface area contributed by atoms with Gasteiger partial charge in [-0.25, -0.2) is 0 Å². The summed E-state index contributed by atoms with van der Waals surface area (Å²) in [6.45, 7) is 0.471. The molecule has 0 amide bonds. The molecule has 0 aliphatic rings. The summed E-state index contributed by atoms with van der Waals surface area (Å²) in [7, 11) is 1.78. The van der Waals surface area contributed by atoms with E-state index in [1.54, 1.807) is 19.2 Å². The van der Waals surface area contributed by atoms with Crippen LogP contribution in [-0.4, -0.2) is 38.7 Å². The highest BCUT2D eigenvalue weighted by molar-refractivity contribution is 5.36. The zero-order valence-corrected chi connectivity index (χ0v) is 7.75. The van der Waals surface area contributed by atoms with Crippen LogP contribution in [0.15, 0.2) is 18.2 Å². The molecule has 2 rings (SSSR count). The predicted octanol–water partition coefficient (Wildman–Crippen LogP) is -0.623. The number of nitrogens with one attached hydrogen (secondary N) is 1. The molecule has 6 heteroatoms. The van der Waals surface area contributed by atoms with E-state index in [0.29, 0.717) is 17.9 Å². The second kappa shape index (κ2) is 3.69. The third-order valence-electron chi connectivity index (χ3n) is 1.99. The number of aromatic nitrogens is 4. The number of hydrogen-bond donors (Lipinski definition) is 2. The molecule has 6 nitrogen and oxygen atoms in total. The van der Waals surface area contributed by atoms with Gasteiger partial charge in [-0.1, -0.05) is 6.07 Å². The fraction of sp³-hybridized carbons (Fsp3) is 0.375. The summed E-state index contributed by atoms with van der Waals surface area (Å²) in [5.74, 6) is 0. The number of aliphatic hydroxyl groups is 1. The first-order chi connectivity index (χ1) is 6.83. The highest BCUT2D eigenvalue weighted by Crippen LogP contribution is 2.11. The number of pyridine rings is 1. The van der Waals surface area contributed by atoms with E-state index in [1.807, 2.05) is 6.07 Å². The Balaban J connectivity index is 2.45. The Hall–Kier alpha value is -1.53. The van der Waals surface area contributed by atoms with Crippen LogP contribution >= 0.6 is 0 Å². The number of nitrogens with zero attached hydrogens (tertiary/aromatic N) is 4. The van der Waals surface area contributed by atoms with E-state index < -0.39 is 6.10 Å². The summed E-state index contributed by atoms with van der Waals surface area (Å²) < 4.78 is 1.53. The molecular formula is C8H11N5O. The van der Waals surface area contributed by atoms with Gasteiger partial charge in [-0.05, 0) is 29.6 Å². The summed E-state index contributed by atoms with van der Waals surface area (Å²) in [4.78, 5) is 0. The normalized spacial score (nSPS) is 13.3. The molecule has 1 unspecified atom stereocenters. The first kappa shape index (κ1) is 9.04. The lowest BCUT2D eigenvalue weighted by Crippen LogP contribution is -2.19. The Morgan fingerprint density at radius 3 is 3.21 bits per heavy atom. The lowest BCUT2D eigenvalue weighted by atomic mass is 10.2. The molecule has 2 aromatic heterocycles. The maximum absolute atomic E-state index is 9.76. The lowest BCUT2D eigenvalue weighted by Gasteiger charge is -2.10. The van der Waals surface area contributed by atoms with Gasteiger partial charge in [-0.15, -0.1) is 5.10 Å².